The number of anilines is 1. The van der Waals surface area contributed by atoms with Crippen LogP contribution in [0.3, 0.4) is 0 Å². The van der Waals surface area contributed by atoms with E-state index >= 15 is 0 Å². The zero-order valence-electron chi connectivity index (χ0n) is 18.1. The molecule has 3 rings (SSSR count). The highest BCUT2D eigenvalue weighted by molar-refractivity contribution is 7.22. The Morgan fingerprint density at radius 2 is 1.90 bits per heavy atom. The molecule has 0 spiro atoms. The largest absolute Gasteiger partial charge is 0.497 e. The number of methoxy groups -OCH3 is 1. The van der Waals surface area contributed by atoms with Crippen LogP contribution in [0, 0.1) is 6.92 Å². The van der Waals surface area contributed by atoms with Gasteiger partial charge in [0.25, 0.3) is 5.91 Å². The Kier molecular flexibility index (Phi) is 9.37. The number of carbonyl (C=O) groups excluding carboxylic acids is 1. The summed E-state index contributed by atoms with van der Waals surface area (Å²) < 4.78 is 11.9. The van der Waals surface area contributed by atoms with E-state index in [9.17, 15) is 4.79 Å². The summed E-state index contributed by atoms with van der Waals surface area (Å²) >= 11 is 7.74. The molecule has 0 aliphatic carbocycles. The lowest BCUT2D eigenvalue weighted by atomic mass is 10.2. The molecule has 168 valence electrons. The van der Waals surface area contributed by atoms with Crippen molar-refractivity contribution in [2.24, 2.45) is 0 Å². The molecule has 31 heavy (non-hydrogen) atoms. The molecule has 1 heterocycles. The second-order valence-corrected chi connectivity index (χ2v) is 8.60. The van der Waals surface area contributed by atoms with Gasteiger partial charge in [-0.1, -0.05) is 29.0 Å². The van der Waals surface area contributed by atoms with E-state index in [4.69, 9.17) is 26.1 Å². The van der Waals surface area contributed by atoms with Crippen molar-refractivity contribution in [3.63, 3.8) is 0 Å². The van der Waals surface area contributed by atoms with Crippen molar-refractivity contribution >= 4 is 56.6 Å². The molecule has 0 saturated carbocycles. The number of rotatable bonds is 9. The Labute approximate surface area is 198 Å². The number of ether oxygens (including phenoxy) is 2. The van der Waals surface area contributed by atoms with Crippen molar-refractivity contribution in [2.45, 2.75) is 13.3 Å². The number of amides is 1. The smallest absolute Gasteiger partial charge is 0.266 e. The first-order valence-electron chi connectivity index (χ1n) is 9.66. The van der Waals surface area contributed by atoms with E-state index in [-0.39, 0.29) is 24.9 Å². The monoisotopic (exact) mass is 483 g/mol. The van der Waals surface area contributed by atoms with E-state index < -0.39 is 0 Å². The minimum absolute atomic E-state index is 0. The van der Waals surface area contributed by atoms with Crippen molar-refractivity contribution in [1.82, 2.24) is 9.88 Å². The van der Waals surface area contributed by atoms with Gasteiger partial charge in [0.1, 0.15) is 11.5 Å². The predicted molar refractivity (Wildman–Crippen MR) is 131 cm³/mol. The molecule has 6 nitrogen and oxygen atoms in total. The van der Waals surface area contributed by atoms with E-state index in [1.54, 1.807) is 24.1 Å². The second-order valence-electron chi connectivity index (χ2n) is 7.19. The SMILES string of the molecule is COc1cccc(OCC(=O)N(CCCN(C)C)c2nc3c(C)c(Cl)ccc3s2)c1.Cl. The standard InChI is InChI=1S/C22H26ClN3O3S.ClH/c1-15-18(23)9-10-19-21(15)24-22(30-19)26(12-6-11-25(2)3)20(27)14-29-17-8-5-7-16(13-17)28-4;/h5,7-10,13H,6,11-12,14H2,1-4H3;1H. The highest BCUT2D eigenvalue weighted by Gasteiger charge is 2.21. The van der Waals surface area contributed by atoms with Gasteiger partial charge in [0.05, 0.1) is 17.3 Å². The summed E-state index contributed by atoms with van der Waals surface area (Å²) in [6.45, 7) is 3.30. The zero-order valence-corrected chi connectivity index (χ0v) is 20.4. The fourth-order valence-electron chi connectivity index (χ4n) is 2.99. The molecule has 0 saturated heterocycles. The normalized spacial score (nSPS) is 10.8. The van der Waals surface area contributed by atoms with Crippen LogP contribution in [0.5, 0.6) is 11.5 Å². The second kappa shape index (κ2) is 11.5. The lowest BCUT2D eigenvalue weighted by Gasteiger charge is -2.21. The third kappa shape index (κ3) is 6.46. The van der Waals surface area contributed by atoms with Gasteiger partial charge >= 0.3 is 0 Å². The number of aryl methyl sites for hydroxylation is 1. The molecule has 0 unspecified atom stereocenters. The summed E-state index contributed by atoms with van der Waals surface area (Å²) in [5.41, 5.74) is 1.76. The van der Waals surface area contributed by atoms with Crippen molar-refractivity contribution < 1.29 is 14.3 Å². The number of benzene rings is 2. The lowest BCUT2D eigenvalue weighted by molar-refractivity contribution is -0.120. The van der Waals surface area contributed by atoms with Crippen molar-refractivity contribution in [3.05, 3.63) is 47.0 Å². The fraction of sp³-hybridized carbons (Fsp3) is 0.364. The molecule has 0 atom stereocenters. The molecular weight excluding hydrogens is 457 g/mol. The van der Waals surface area contributed by atoms with E-state index in [2.05, 4.69) is 4.90 Å². The van der Waals surface area contributed by atoms with E-state index in [0.717, 1.165) is 28.7 Å². The van der Waals surface area contributed by atoms with Crippen LogP contribution in [0.2, 0.25) is 5.02 Å². The van der Waals surface area contributed by atoms with Crippen molar-refractivity contribution in [2.75, 3.05) is 45.8 Å². The molecule has 9 heteroatoms. The maximum Gasteiger partial charge on any atom is 0.266 e. The van der Waals surface area contributed by atoms with Gasteiger partial charge in [-0.25, -0.2) is 4.98 Å². The van der Waals surface area contributed by atoms with Crippen LogP contribution >= 0.6 is 35.3 Å². The molecule has 0 bridgehead atoms. The Hall–Kier alpha value is -2.06. The minimum Gasteiger partial charge on any atom is -0.497 e. The van der Waals surface area contributed by atoms with Gasteiger partial charge in [-0.3, -0.25) is 9.69 Å². The third-order valence-corrected chi connectivity index (χ3v) is 6.11. The van der Waals surface area contributed by atoms with Gasteiger partial charge < -0.3 is 14.4 Å². The third-order valence-electron chi connectivity index (χ3n) is 4.66. The Bertz CT molecular complexity index is 1030. The molecule has 2 aromatic carbocycles. The quantitative estimate of drug-likeness (QED) is 0.426. The molecular formula is C22H27Cl2N3O3S. The molecule has 1 aromatic heterocycles. The number of hydrogen-bond donors (Lipinski definition) is 0. The van der Waals surface area contributed by atoms with Gasteiger partial charge in [-0.2, -0.15) is 0 Å². The van der Waals surface area contributed by atoms with Gasteiger partial charge in [0.15, 0.2) is 11.7 Å². The number of thiazole rings is 1. The van der Waals surface area contributed by atoms with Crippen LogP contribution in [0.15, 0.2) is 36.4 Å². The fourth-order valence-corrected chi connectivity index (χ4v) is 4.21. The summed E-state index contributed by atoms with van der Waals surface area (Å²) in [6.07, 6.45) is 0.827. The van der Waals surface area contributed by atoms with Crippen molar-refractivity contribution in [3.8, 4) is 11.5 Å². The first kappa shape index (κ1) is 25.2. The maximum absolute atomic E-state index is 13.1. The van der Waals surface area contributed by atoms with Crippen LogP contribution in [0.1, 0.15) is 12.0 Å². The molecule has 0 fully saturated rings. The van der Waals surface area contributed by atoms with Crippen LogP contribution in [-0.2, 0) is 4.79 Å². The molecule has 0 aliphatic rings. The van der Waals surface area contributed by atoms with Gasteiger partial charge in [-0.15, -0.1) is 12.4 Å². The number of nitrogens with zero attached hydrogens (tertiary/aromatic N) is 3. The molecule has 0 aliphatic heterocycles. The lowest BCUT2D eigenvalue weighted by Crippen LogP contribution is -2.36. The molecule has 0 radical (unpaired) electrons. The van der Waals surface area contributed by atoms with Crippen LogP contribution in [0.4, 0.5) is 5.13 Å². The van der Waals surface area contributed by atoms with Gasteiger partial charge in [-0.05, 0) is 63.8 Å². The van der Waals surface area contributed by atoms with Crippen LogP contribution in [-0.4, -0.2) is 56.7 Å². The van der Waals surface area contributed by atoms with Gasteiger partial charge in [0, 0.05) is 17.6 Å². The molecule has 0 N–H and O–H groups in total. The highest BCUT2D eigenvalue weighted by Crippen LogP contribution is 2.33. The van der Waals surface area contributed by atoms with Crippen LogP contribution in [0.25, 0.3) is 10.2 Å². The van der Waals surface area contributed by atoms with E-state index in [0.29, 0.717) is 28.2 Å². The molecule has 3 aromatic rings. The Morgan fingerprint density at radius 3 is 2.61 bits per heavy atom. The minimum atomic E-state index is -0.139. The van der Waals surface area contributed by atoms with Crippen LogP contribution < -0.4 is 14.4 Å². The van der Waals surface area contributed by atoms with E-state index in [1.165, 1.54) is 11.3 Å². The number of carbonyl (C=O) groups is 1. The average Bonchev–Trinajstić information content (AvgIpc) is 3.17. The maximum atomic E-state index is 13.1. The summed E-state index contributed by atoms with van der Waals surface area (Å²) in [7, 11) is 5.63. The number of aromatic nitrogens is 1. The summed E-state index contributed by atoms with van der Waals surface area (Å²) in [4.78, 5) is 21.6. The first-order valence-corrected chi connectivity index (χ1v) is 10.9. The first-order chi connectivity index (χ1) is 14.4. The predicted octanol–water partition coefficient (Wildman–Crippen LogP) is 5.05. The number of halogens is 2. The summed E-state index contributed by atoms with van der Waals surface area (Å²) in [5.74, 6) is 1.13. The number of hydrogen-bond acceptors (Lipinski definition) is 6. The highest BCUT2D eigenvalue weighted by atomic mass is 35.5. The molecule has 1 amide bonds. The van der Waals surface area contributed by atoms with Gasteiger partial charge in [0.2, 0.25) is 0 Å². The zero-order chi connectivity index (χ0) is 21.7. The van der Waals surface area contributed by atoms with Crippen molar-refractivity contribution in [1.29, 1.82) is 0 Å². The number of fused-ring (bicyclic) bond motifs is 1. The Balaban J connectivity index is 0.00000341. The summed E-state index contributed by atoms with van der Waals surface area (Å²) in [5, 5.41) is 1.33. The van der Waals surface area contributed by atoms with E-state index in [1.807, 2.05) is 45.3 Å². The topological polar surface area (TPSA) is 54.9 Å². The summed E-state index contributed by atoms with van der Waals surface area (Å²) in [6, 6.07) is 11.0. The Morgan fingerprint density at radius 1 is 1.16 bits per heavy atom. The average molecular weight is 484 g/mol.